The molecule has 2 aromatic rings. The van der Waals surface area contributed by atoms with Crippen LogP contribution in [-0.2, 0) is 11.3 Å². The number of hydrogen-bond donors (Lipinski definition) is 1. The highest BCUT2D eigenvalue weighted by molar-refractivity contribution is 5.76. The third-order valence-electron chi connectivity index (χ3n) is 5.43. The molecule has 146 valence electrons. The smallest absolute Gasteiger partial charge is 0.243 e. The summed E-state index contributed by atoms with van der Waals surface area (Å²) >= 11 is 0. The van der Waals surface area contributed by atoms with E-state index in [0.717, 1.165) is 18.4 Å². The largest absolute Gasteiger partial charge is 0.493 e. The average molecular weight is 373 g/mol. The fourth-order valence-electron chi connectivity index (χ4n) is 3.57. The van der Waals surface area contributed by atoms with Gasteiger partial charge in [-0.25, -0.2) is 0 Å². The van der Waals surface area contributed by atoms with E-state index in [4.69, 9.17) is 9.47 Å². The number of rotatable bonds is 6. The summed E-state index contributed by atoms with van der Waals surface area (Å²) in [5.74, 6) is 2.67. The number of nitrogens with zero attached hydrogens (tertiary/aromatic N) is 4. The van der Waals surface area contributed by atoms with E-state index in [1.165, 1.54) is 11.2 Å². The molecule has 27 heavy (non-hydrogen) atoms. The Morgan fingerprint density at radius 1 is 1.22 bits per heavy atom. The van der Waals surface area contributed by atoms with Gasteiger partial charge in [-0.1, -0.05) is 26.7 Å². The first-order chi connectivity index (χ1) is 13.0. The third kappa shape index (κ3) is 4.37. The number of hydrogen-bond acceptors (Lipinski definition) is 6. The summed E-state index contributed by atoms with van der Waals surface area (Å²) in [4.78, 5) is 13.7. The topological polar surface area (TPSA) is 91.2 Å². The molecular weight excluding hydrogens is 346 g/mol. The van der Waals surface area contributed by atoms with Crippen LogP contribution in [0.4, 0.5) is 0 Å². The summed E-state index contributed by atoms with van der Waals surface area (Å²) in [6, 6.07) is 5.61. The number of nitrogens with one attached hydrogen (secondary N) is 1. The maximum absolute atomic E-state index is 12.4. The van der Waals surface area contributed by atoms with E-state index in [0.29, 0.717) is 29.2 Å². The fraction of sp³-hybridized carbons (Fsp3) is 0.579. The van der Waals surface area contributed by atoms with Gasteiger partial charge >= 0.3 is 0 Å². The Kier molecular flexibility index (Phi) is 5.93. The summed E-state index contributed by atoms with van der Waals surface area (Å²) in [5, 5.41) is 15.5. The molecule has 1 aromatic heterocycles. The molecule has 0 unspecified atom stereocenters. The van der Waals surface area contributed by atoms with E-state index in [1.54, 1.807) is 26.4 Å². The van der Waals surface area contributed by atoms with Crippen LogP contribution in [0.1, 0.15) is 33.1 Å². The Hall–Kier alpha value is -2.64. The van der Waals surface area contributed by atoms with Gasteiger partial charge in [0.15, 0.2) is 11.5 Å². The van der Waals surface area contributed by atoms with Crippen molar-refractivity contribution in [3.8, 4) is 22.9 Å². The second-order valence-corrected chi connectivity index (χ2v) is 7.15. The molecule has 1 amide bonds. The number of carbonyl (C=O) groups is 1. The van der Waals surface area contributed by atoms with Crippen LogP contribution in [0.15, 0.2) is 18.2 Å². The molecule has 0 spiro atoms. The zero-order valence-electron chi connectivity index (χ0n) is 16.3. The Balaban J connectivity index is 1.65. The number of amides is 1. The SMILES string of the molecule is COc1ccc(-c2nnn(CC(=O)N[C@H]3CCC[C@@H](C)[C@H]3C)n2)cc1OC. The monoisotopic (exact) mass is 373 g/mol. The van der Waals surface area contributed by atoms with Gasteiger partial charge in [0.25, 0.3) is 0 Å². The van der Waals surface area contributed by atoms with Crippen LogP contribution >= 0.6 is 0 Å². The van der Waals surface area contributed by atoms with Crippen molar-refractivity contribution in [1.29, 1.82) is 0 Å². The predicted octanol–water partition coefficient (Wildman–Crippen LogP) is 2.30. The molecule has 1 saturated carbocycles. The fourth-order valence-corrected chi connectivity index (χ4v) is 3.57. The van der Waals surface area contributed by atoms with Gasteiger partial charge in [0.05, 0.1) is 14.2 Å². The minimum atomic E-state index is -0.0859. The van der Waals surface area contributed by atoms with E-state index in [1.807, 2.05) is 6.07 Å². The highest BCUT2D eigenvalue weighted by atomic mass is 16.5. The van der Waals surface area contributed by atoms with Gasteiger partial charge < -0.3 is 14.8 Å². The molecule has 1 fully saturated rings. The lowest BCUT2D eigenvalue weighted by atomic mass is 9.78. The highest BCUT2D eigenvalue weighted by Gasteiger charge is 2.28. The second-order valence-electron chi connectivity index (χ2n) is 7.15. The minimum absolute atomic E-state index is 0.0535. The number of aromatic nitrogens is 4. The average Bonchev–Trinajstić information content (AvgIpc) is 3.13. The summed E-state index contributed by atoms with van der Waals surface area (Å²) in [6.45, 7) is 4.51. The van der Waals surface area contributed by atoms with Crippen LogP contribution in [0.5, 0.6) is 11.5 Å². The number of carbonyl (C=O) groups excluding carboxylic acids is 1. The van der Waals surface area contributed by atoms with Crippen molar-refractivity contribution in [3.63, 3.8) is 0 Å². The van der Waals surface area contributed by atoms with Crippen LogP contribution in [0.3, 0.4) is 0 Å². The molecule has 1 aromatic carbocycles. The van der Waals surface area contributed by atoms with Crippen molar-refractivity contribution in [2.24, 2.45) is 11.8 Å². The van der Waals surface area contributed by atoms with Crippen molar-refractivity contribution in [1.82, 2.24) is 25.5 Å². The van der Waals surface area contributed by atoms with Crippen LogP contribution in [0.2, 0.25) is 0 Å². The molecule has 0 saturated heterocycles. The zero-order valence-corrected chi connectivity index (χ0v) is 16.3. The van der Waals surface area contributed by atoms with Crippen LogP contribution in [0.25, 0.3) is 11.4 Å². The molecule has 0 aliphatic heterocycles. The van der Waals surface area contributed by atoms with Gasteiger partial charge in [-0.15, -0.1) is 10.2 Å². The van der Waals surface area contributed by atoms with Crippen LogP contribution < -0.4 is 14.8 Å². The molecule has 8 heteroatoms. The Morgan fingerprint density at radius 3 is 2.74 bits per heavy atom. The van der Waals surface area contributed by atoms with Crippen molar-refractivity contribution >= 4 is 5.91 Å². The Morgan fingerprint density at radius 2 is 2.00 bits per heavy atom. The number of ether oxygens (including phenoxy) is 2. The lowest BCUT2D eigenvalue weighted by Crippen LogP contribution is -2.45. The Bertz CT molecular complexity index is 791. The molecule has 1 heterocycles. The van der Waals surface area contributed by atoms with E-state index in [2.05, 4.69) is 34.6 Å². The minimum Gasteiger partial charge on any atom is -0.493 e. The number of benzene rings is 1. The number of methoxy groups -OCH3 is 2. The molecule has 1 aliphatic rings. The normalized spacial score (nSPS) is 22.3. The Labute approximate surface area is 159 Å². The summed E-state index contributed by atoms with van der Waals surface area (Å²) in [5.41, 5.74) is 0.744. The zero-order chi connectivity index (χ0) is 19.4. The van der Waals surface area contributed by atoms with Gasteiger partial charge in [-0.2, -0.15) is 4.80 Å². The molecule has 3 rings (SSSR count). The summed E-state index contributed by atoms with van der Waals surface area (Å²) in [7, 11) is 3.15. The van der Waals surface area contributed by atoms with Gasteiger partial charge in [0.2, 0.25) is 11.7 Å². The number of tetrazole rings is 1. The highest BCUT2D eigenvalue weighted by Crippen LogP contribution is 2.31. The molecule has 1 N–H and O–H groups in total. The molecule has 0 bridgehead atoms. The first-order valence-electron chi connectivity index (χ1n) is 9.31. The standard InChI is InChI=1S/C19H27N5O3/c1-12-6-5-7-15(13(12)2)20-18(25)11-24-22-19(21-23-24)14-8-9-16(26-3)17(10-14)27-4/h8-10,12-13,15H,5-7,11H2,1-4H3,(H,20,25)/t12-,13-,15+/m1/s1. The van der Waals surface area contributed by atoms with Gasteiger partial charge in [0, 0.05) is 11.6 Å². The van der Waals surface area contributed by atoms with E-state index < -0.39 is 0 Å². The van der Waals surface area contributed by atoms with E-state index in [-0.39, 0.29) is 18.5 Å². The first kappa shape index (κ1) is 19.1. The van der Waals surface area contributed by atoms with E-state index >= 15 is 0 Å². The third-order valence-corrected chi connectivity index (χ3v) is 5.43. The molecule has 0 radical (unpaired) electrons. The van der Waals surface area contributed by atoms with Crippen molar-refractivity contribution in [2.75, 3.05) is 14.2 Å². The first-order valence-corrected chi connectivity index (χ1v) is 9.31. The quantitative estimate of drug-likeness (QED) is 0.835. The predicted molar refractivity (Wildman–Crippen MR) is 100 cm³/mol. The second kappa shape index (κ2) is 8.37. The lowest BCUT2D eigenvalue weighted by molar-refractivity contribution is -0.123. The van der Waals surface area contributed by atoms with Gasteiger partial charge in [-0.3, -0.25) is 4.79 Å². The van der Waals surface area contributed by atoms with E-state index in [9.17, 15) is 4.79 Å². The molecule has 8 nitrogen and oxygen atoms in total. The molecule has 3 atom stereocenters. The van der Waals surface area contributed by atoms with Crippen molar-refractivity contribution in [2.45, 2.75) is 45.7 Å². The van der Waals surface area contributed by atoms with Gasteiger partial charge in [-0.05, 0) is 41.7 Å². The van der Waals surface area contributed by atoms with Crippen molar-refractivity contribution in [3.05, 3.63) is 18.2 Å². The maximum Gasteiger partial charge on any atom is 0.243 e. The molecule has 1 aliphatic carbocycles. The summed E-state index contributed by atoms with van der Waals surface area (Å²) < 4.78 is 10.5. The van der Waals surface area contributed by atoms with Crippen LogP contribution in [0, 0.1) is 11.8 Å². The maximum atomic E-state index is 12.4. The van der Waals surface area contributed by atoms with Gasteiger partial charge in [0.1, 0.15) is 6.54 Å². The van der Waals surface area contributed by atoms with Crippen molar-refractivity contribution < 1.29 is 14.3 Å². The summed E-state index contributed by atoms with van der Waals surface area (Å²) in [6.07, 6.45) is 3.41. The molecular formula is C19H27N5O3. The lowest BCUT2D eigenvalue weighted by Gasteiger charge is -2.34. The van der Waals surface area contributed by atoms with Crippen LogP contribution in [-0.4, -0.2) is 46.4 Å².